The second-order valence-corrected chi connectivity index (χ2v) is 5.23. The molecule has 0 unspecified atom stereocenters. The van der Waals surface area contributed by atoms with Gasteiger partial charge in [-0.25, -0.2) is 0 Å². The normalized spacial score (nSPS) is 25.3. The van der Waals surface area contributed by atoms with Gasteiger partial charge in [0, 0.05) is 30.6 Å². The molecule has 6 heteroatoms. The number of fused-ring (bicyclic) bond motifs is 5. The highest BCUT2D eigenvalue weighted by Crippen LogP contribution is 2.47. The van der Waals surface area contributed by atoms with Crippen molar-refractivity contribution in [2.24, 2.45) is 0 Å². The summed E-state index contributed by atoms with van der Waals surface area (Å²) in [6.45, 7) is 0.275. The standard InChI is InChI=1S/C13H13F3N2O/c14-13(15,16)12(19)18-5-7-3-8(6-18)11-4-9(17)1-2-10(7)11/h1-2,4,7-8H,3,5-6,17H2/t7-,8+/m1/s1. The topological polar surface area (TPSA) is 46.3 Å². The van der Waals surface area contributed by atoms with Gasteiger partial charge in [-0.2, -0.15) is 13.2 Å². The molecule has 0 radical (unpaired) electrons. The van der Waals surface area contributed by atoms with Gasteiger partial charge in [-0.3, -0.25) is 4.79 Å². The van der Waals surface area contributed by atoms with Gasteiger partial charge in [-0.15, -0.1) is 0 Å². The Morgan fingerprint density at radius 2 is 1.84 bits per heavy atom. The number of carbonyl (C=O) groups is 1. The summed E-state index contributed by atoms with van der Waals surface area (Å²) in [5.74, 6) is -1.76. The number of nitrogens with zero attached hydrogens (tertiary/aromatic N) is 1. The summed E-state index contributed by atoms with van der Waals surface area (Å²) < 4.78 is 37.5. The molecule has 0 aromatic heterocycles. The summed E-state index contributed by atoms with van der Waals surface area (Å²) >= 11 is 0. The van der Waals surface area contributed by atoms with Crippen LogP contribution in [0.4, 0.5) is 18.9 Å². The summed E-state index contributed by atoms with van der Waals surface area (Å²) in [4.78, 5) is 12.3. The fourth-order valence-corrected chi connectivity index (χ4v) is 3.21. The van der Waals surface area contributed by atoms with E-state index in [1.54, 1.807) is 6.07 Å². The van der Waals surface area contributed by atoms with Crippen LogP contribution in [-0.4, -0.2) is 30.1 Å². The number of anilines is 1. The first-order chi connectivity index (χ1) is 8.86. The first-order valence-corrected chi connectivity index (χ1v) is 6.11. The smallest absolute Gasteiger partial charge is 0.399 e. The van der Waals surface area contributed by atoms with Crippen LogP contribution in [0.25, 0.3) is 0 Å². The van der Waals surface area contributed by atoms with Crippen LogP contribution >= 0.6 is 0 Å². The molecule has 2 atom stereocenters. The third-order valence-electron chi connectivity index (χ3n) is 3.97. The molecule has 2 N–H and O–H groups in total. The number of alkyl halides is 3. The molecule has 3 nitrogen and oxygen atoms in total. The zero-order chi connectivity index (χ0) is 13.8. The largest absolute Gasteiger partial charge is 0.471 e. The molecule has 1 aliphatic carbocycles. The maximum atomic E-state index is 12.5. The third-order valence-corrected chi connectivity index (χ3v) is 3.97. The van der Waals surface area contributed by atoms with Gasteiger partial charge in [-0.05, 0) is 29.7 Å². The number of nitrogens with two attached hydrogens (primary N) is 1. The van der Waals surface area contributed by atoms with E-state index in [0.29, 0.717) is 5.69 Å². The molecule has 3 rings (SSSR count). The highest BCUT2D eigenvalue weighted by molar-refractivity contribution is 5.82. The summed E-state index contributed by atoms with van der Waals surface area (Å²) in [6.07, 6.45) is -3.98. The van der Waals surface area contributed by atoms with Crippen LogP contribution in [0.1, 0.15) is 29.4 Å². The number of halogens is 3. The minimum absolute atomic E-state index is 0.000602. The Balaban J connectivity index is 1.89. The minimum atomic E-state index is -4.79. The van der Waals surface area contributed by atoms with Crippen LogP contribution in [0, 0.1) is 0 Å². The minimum Gasteiger partial charge on any atom is -0.399 e. The van der Waals surface area contributed by atoms with E-state index in [2.05, 4.69) is 0 Å². The van der Waals surface area contributed by atoms with Crippen molar-refractivity contribution in [1.82, 2.24) is 4.90 Å². The van der Waals surface area contributed by atoms with E-state index in [1.165, 1.54) is 0 Å². The number of piperidine rings is 1. The Morgan fingerprint density at radius 1 is 1.21 bits per heavy atom. The van der Waals surface area contributed by atoms with Crippen molar-refractivity contribution in [2.45, 2.75) is 24.4 Å². The predicted molar refractivity (Wildman–Crippen MR) is 63.6 cm³/mol. The highest BCUT2D eigenvalue weighted by Gasteiger charge is 2.47. The first kappa shape index (κ1) is 12.3. The van der Waals surface area contributed by atoms with E-state index < -0.39 is 12.1 Å². The number of likely N-dealkylation sites (tertiary alicyclic amines) is 1. The van der Waals surface area contributed by atoms with Crippen LogP contribution in [0.15, 0.2) is 18.2 Å². The SMILES string of the molecule is Nc1ccc2c(c1)[C@H]1C[C@@H]2CN(C(=O)C(F)(F)F)C1. The number of hydrogen-bond donors (Lipinski definition) is 1. The molecule has 102 valence electrons. The van der Waals surface area contributed by atoms with Crippen LogP contribution < -0.4 is 5.73 Å². The van der Waals surface area contributed by atoms with Gasteiger partial charge in [0.25, 0.3) is 0 Å². The quantitative estimate of drug-likeness (QED) is 0.735. The second-order valence-electron chi connectivity index (χ2n) is 5.23. The molecule has 0 saturated carbocycles. The highest BCUT2D eigenvalue weighted by atomic mass is 19.4. The number of amides is 1. The fraction of sp³-hybridized carbons (Fsp3) is 0.462. The number of hydrogen-bond acceptors (Lipinski definition) is 2. The molecule has 1 aromatic rings. The first-order valence-electron chi connectivity index (χ1n) is 6.11. The van der Waals surface area contributed by atoms with Gasteiger partial charge in [0.1, 0.15) is 0 Å². The van der Waals surface area contributed by atoms with E-state index in [9.17, 15) is 18.0 Å². The lowest BCUT2D eigenvalue weighted by molar-refractivity contribution is -0.186. The van der Waals surface area contributed by atoms with Gasteiger partial charge in [0.2, 0.25) is 0 Å². The fourth-order valence-electron chi connectivity index (χ4n) is 3.21. The summed E-state index contributed by atoms with van der Waals surface area (Å²) in [5, 5.41) is 0. The van der Waals surface area contributed by atoms with E-state index in [0.717, 1.165) is 22.4 Å². The molecule has 2 bridgehead atoms. The van der Waals surface area contributed by atoms with Crippen LogP contribution in [-0.2, 0) is 4.79 Å². The second kappa shape index (κ2) is 3.88. The molecule has 1 aliphatic heterocycles. The molecule has 1 heterocycles. The Labute approximate surface area is 108 Å². The maximum absolute atomic E-state index is 12.5. The summed E-state index contributed by atoms with van der Waals surface area (Å²) in [6, 6.07) is 5.45. The van der Waals surface area contributed by atoms with Crippen molar-refractivity contribution in [3.63, 3.8) is 0 Å². The lowest BCUT2D eigenvalue weighted by atomic mass is 9.95. The molecule has 1 aromatic carbocycles. The zero-order valence-corrected chi connectivity index (χ0v) is 10.1. The third kappa shape index (κ3) is 1.95. The van der Waals surface area contributed by atoms with Gasteiger partial charge in [0.05, 0.1) is 0 Å². The van der Waals surface area contributed by atoms with Crippen molar-refractivity contribution in [3.8, 4) is 0 Å². The Hall–Kier alpha value is -1.72. The molecular formula is C13H13F3N2O. The van der Waals surface area contributed by atoms with Gasteiger partial charge >= 0.3 is 12.1 Å². The van der Waals surface area contributed by atoms with Crippen molar-refractivity contribution in [1.29, 1.82) is 0 Å². The zero-order valence-electron chi connectivity index (χ0n) is 10.1. The van der Waals surface area contributed by atoms with Crippen molar-refractivity contribution in [2.75, 3.05) is 18.8 Å². The average molecular weight is 270 g/mol. The number of rotatable bonds is 0. The lowest BCUT2D eigenvalue weighted by Gasteiger charge is -2.32. The Bertz CT molecular complexity index is 541. The van der Waals surface area contributed by atoms with E-state index in [-0.39, 0.29) is 24.9 Å². The molecule has 1 saturated heterocycles. The number of carbonyl (C=O) groups excluding carboxylic acids is 1. The molecule has 2 aliphatic rings. The van der Waals surface area contributed by atoms with E-state index in [1.807, 2.05) is 12.1 Å². The van der Waals surface area contributed by atoms with Gasteiger partial charge in [-0.1, -0.05) is 6.07 Å². The van der Waals surface area contributed by atoms with Crippen molar-refractivity contribution in [3.05, 3.63) is 29.3 Å². The van der Waals surface area contributed by atoms with E-state index in [4.69, 9.17) is 5.73 Å². The van der Waals surface area contributed by atoms with Crippen molar-refractivity contribution < 1.29 is 18.0 Å². The van der Waals surface area contributed by atoms with Gasteiger partial charge < -0.3 is 10.6 Å². The van der Waals surface area contributed by atoms with Crippen LogP contribution in [0.3, 0.4) is 0 Å². The number of benzene rings is 1. The molecule has 1 fully saturated rings. The van der Waals surface area contributed by atoms with Crippen molar-refractivity contribution >= 4 is 11.6 Å². The van der Waals surface area contributed by atoms with E-state index >= 15 is 0 Å². The molecular weight excluding hydrogens is 257 g/mol. The van der Waals surface area contributed by atoms with Crippen LogP contribution in [0.2, 0.25) is 0 Å². The predicted octanol–water partition coefficient (Wildman–Crippen LogP) is 2.24. The molecule has 1 amide bonds. The average Bonchev–Trinajstić information content (AvgIpc) is 2.59. The van der Waals surface area contributed by atoms with Crippen LogP contribution in [0.5, 0.6) is 0 Å². The molecule has 19 heavy (non-hydrogen) atoms. The summed E-state index contributed by atoms with van der Waals surface area (Å²) in [5.41, 5.74) is 8.37. The Kier molecular flexibility index (Phi) is 2.52. The monoisotopic (exact) mass is 270 g/mol. The molecule has 0 spiro atoms. The summed E-state index contributed by atoms with van der Waals surface area (Å²) in [7, 11) is 0. The lowest BCUT2D eigenvalue weighted by Crippen LogP contribution is -2.46. The maximum Gasteiger partial charge on any atom is 0.471 e. The number of nitrogen functional groups attached to an aromatic ring is 1. The Morgan fingerprint density at radius 3 is 2.47 bits per heavy atom. The van der Waals surface area contributed by atoms with Gasteiger partial charge in [0.15, 0.2) is 0 Å².